The van der Waals surface area contributed by atoms with E-state index in [0.717, 1.165) is 17.5 Å². The highest BCUT2D eigenvalue weighted by Crippen LogP contribution is 2.26. The number of esters is 1. The Morgan fingerprint density at radius 2 is 1.88 bits per heavy atom. The number of thioether (sulfide) groups is 1. The molecule has 1 aliphatic heterocycles. The molecule has 3 atom stereocenters. The van der Waals surface area contributed by atoms with E-state index < -0.39 is 23.6 Å². The summed E-state index contributed by atoms with van der Waals surface area (Å²) >= 11 is 1.17. The highest BCUT2D eigenvalue weighted by atomic mass is 32.2. The summed E-state index contributed by atoms with van der Waals surface area (Å²) in [5.74, 6) is -1.37. The summed E-state index contributed by atoms with van der Waals surface area (Å²) in [6.45, 7) is 2.01. The third kappa shape index (κ3) is 7.47. The maximum Gasteiger partial charge on any atom is 0.307 e. The van der Waals surface area contributed by atoms with Crippen molar-refractivity contribution in [1.82, 2.24) is 10.3 Å². The first kappa shape index (κ1) is 24.5. The number of aliphatic carboxylic acids is 1. The van der Waals surface area contributed by atoms with Crippen molar-refractivity contribution in [2.45, 2.75) is 49.5 Å². The fraction of sp³-hybridized carbons (Fsp3) is 0.391. The van der Waals surface area contributed by atoms with Gasteiger partial charge in [-0.1, -0.05) is 36.9 Å². The van der Waals surface area contributed by atoms with Crippen LogP contribution in [-0.2, 0) is 32.0 Å². The van der Waals surface area contributed by atoms with E-state index in [2.05, 4.69) is 10.3 Å². The molecule has 0 radical (unpaired) electrons. The average molecular weight is 475 g/mol. The fourth-order valence-electron chi connectivity index (χ4n) is 3.16. The zero-order valence-electron chi connectivity index (χ0n) is 18.1. The van der Waals surface area contributed by atoms with Crippen molar-refractivity contribution in [2.75, 3.05) is 6.61 Å². The summed E-state index contributed by atoms with van der Waals surface area (Å²) in [5.41, 5.74) is 1.58. The number of carboxylic acid groups (broad SMARTS) is 1. The normalized spacial score (nSPS) is 18.4. The van der Waals surface area contributed by atoms with Gasteiger partial charge in [0, 0.05) is 6.20 Å². The molecule has 9 nitrogen and oxygen atoms in total. The van der Waals surface area contributed by atoms with Gasteiger partial charge < -0.3 is 25.0 Å². The molecule has 1 aromatic carbocycles. The molecule has 3 unspecified atom stereocenters. The van der Waals surface area contributed by atoms with E-state index >= 15 is 0 Å². The Balaban J connectivity index is 1.62. The third-order valence-corrected chi connectivity index (χ3v) is 6.08. The topological polar surface area (TPSA) is 135 Å². The number of aryl methyl sites for hydroxylation is 1. The van der Waals surface area contributed by atoms with Crippen molar-refractivity contribution in [3.05, 3.63) is 59.4 Å². The number of pyridine rings is 1. The van der Waals surface area contributed by atoms with E-state index in [1.165, 1.54) is 11.8 Å². The fourth-order valence-corrected chi connectivity index (χ4v) is 4.13. The van der Waals surface area contributed by atoms with Gasteiger partial charge in [0.1, 0.15) is 12.4 Å². The summed E-state index contributed by atoms with van der Waals surface area (Å²) in [6, 6.07) is 10.8. The SMILES string of the molecule is CCc1ccc(C(COc2ccc(CC3SC(O)NC3=O)cc2)OC(=O)CCC(=O)O)nc1. The quantitative estimate of drug-likeness (QED) is 0.419. The first-order valence-electron chi connectivity index (χ1n) is 10.6. The second-order valence-corrected chi connectivity index (χ2v) is 8.75. The van der Waals surface area contributed by atoms with Crippen molar-refractivity contribution in [2.24, 2.45) is 0 Å². The molecule has 2 aromatic rings. The molecule has 0 spiro atoms. The second kappa shape index (κ2) is 11.7. The number of carbonyl (C=O) groups excluding carboxylic acids is 2. The van der Waals surface area contributed by atoms with Crippen LogP contribution in [0.4, 0.5) is 0 Å². The molecular weight excluding hydrogens is 448 g/mol. The average Bonchev–Trinajstić information content (AvgIpc) is 3.12. The molecule has 2 heterocycles. The minimum Gasteiger partial charge on any atom is -0.489 e. The molecule has 3 rings (SSSR count). The maximum absolute atomic E-state index is 12.1. The number of benzene rings is 1. The summed E-state index contributed by atoms with van der Waals surface area (Å²) in [5, 5.41) is 20.4. The van der Waals surface area contributed by atoms with Crippen LogP contribution in [0.2, 0.25) is 0 Å². The minimum atomic E-state index is -1.08. The van der Waals surface area contributed by atoms with E-state index in [-0.39, 0.29) is 30.6 Å². The molecule has 1 amide bonds. The number of hydrogen-bond acceptors (Lipinski definition) is 8. The summed E-state index contributed by atoms with van der Waals surface area (Å²) < 4.78 is 11.3. The number of carbonyl (C=O) groups is 3. The smallest absolute Gasteiger partial charge is 0.307 e. The van der Waals surface area contributed by atoms with Crippen LogP contribution >= 0.6 is 11.8 Å². The Kier molecular flexibility index (Phi) is 8.67. The zero-order valence-corrected chi connectivity index (χ0v) is 18.9. The van der Waals surface area contributed by atoms with Gasteiger partial charge in [0.15, 0.2) is 11.7 Å². The number of rotatable bonds is 11. The Hall–Kier alpha value is -3.11. The van der Waals surface area contributed by atoms with Gasteiger partial charge in [-0.15, -0.1) is 0 Å². The first-order chi connectivity index (χ1) is 15.8. The summed E-state index contributed by atoms with van der Waals surface area (Å²) in [4.78, 5) is 39.0. The predicted octanol–water partition coefficient (Wildman–Crippen LogP) is 2.22. The molecule has 0 aliphatic carbocycles. The lowest BCUT2D eigenvalue weighted by Gasteiger charge is -2.18. The molecule has 176 valence electrons. The van der Waals surface area contributed by atoms with Gasteiger partial charge in [0.25, 0.3) is 0 Å². The monoisotopic (exact) mass is 474 g/mol. The molecule has 33 heavy (non-hydrogen) atoms. The summed E-state index contributed by atoms with van der Waals surface area (Å²) in [6.07, 6.45) is 1.65. The predicted molar refractivity (Wildman–Crippen MR) is 120 cm³/mol. The standard InChI is InChI=1S/C23H26N2O7S/c1-2-14-5-8-17(24-12-14)18(32-21(28)10-9-20(26)27)13-31-16-6-3-15(4-7-16)11-19-22(29)25-23(30)33-19/h3-8,12,18-19,23,30H,2,9-11,13H2,1H3,(H,25,29)(H,26,27). The molecule has 1 aromatic heterocycles. The number of aliphatic hydroxyl groups excluding tert-OH is 1. The lowest BCUT2D eigenvalue weighted by molar-refractivity contribution is -0.153. The highest BCUT2D eigenvalue weighted by molar-refractivity contribution is 8.01. The molecule has 1 fully saturated rings. The third-order valence-electron chi connectivity index (χ3n) is 5.00. The summed E-state index contributed by atoms with van der Waals surface area (Å²) in [7, 11) is 0. The lowest BCUT2D eigenvalue weighted by atomic mass is 10.1. The van der Waals surface area contributed by atoms with E-state index in [4.69, 9.17) is 14.6 Å². The number of carboxylic acids is 1. The van der Waals surface area contributed by atoms with Crippen molar-refractivity contribution in [3.63, 3.8) is 0 Å². The van der Waals surface area contributed by atoms with Crippen LogP contribution in [0.5, 0.6) is 5.75 Å². The van der Waals surface area contributed by atoms with Crippen LogP contribution in [0.25, 0.3) is 0 Å². The van der Waals surface area contributed by atoms with Crippen LogP contribution < -0.4 is 10.1 Å². The van der Waals surface area contributed by atoms with Gasteiger partial charge >= 0.3 is 11.9 Å². The Labute approximate surface area is 195 Å². The van der Waals surface area contributed by atoms with Gasteiger partial charge in [-0.25, -0.2) is 0 Å². The van der Waals surface area contributed by atoms with Crippen LogP contribution in [0.3, 0.4) is 0 Å². The van der Waals surface area contributed by atoms with Crippen LogP contribution in [0, 0.1) is 0 Å². The van der Waals surface area contributed by atoms with Crippen molar-refractivity contribution in [3.8, 4) is 5.75 Å². The van der Waals surface area contributed by atoms with E-state index in [9.17, 15) is 19.5 Å². The van der Waals surface area contributed by atoms with Gasteiger partial charge in [0.2, 0.25) is 5.91 Å². The van der Waals surface area contributed by atoms with Gasteiger partial charge in [-0.05, 0) is 42.2 Å². The van der Waals surface area contributed by atoms with Crippen LogP contribution in [-0.4, -0.2) is 50.5 Å². The molecular formula is C23H26N2O7S. The first-order valence-corrected chi connectivity index (χ1v) is 11.5. The number of aromatic nitrogens is 1. The Bertz CT molecular complexity index is 966. The molecule has 0 saturated carbocycles. The molecule has 1 saturated heterocycles. The van der Waals surface area contributed by atoms with E-state index in [1.54, 1.807) is 24.4 Å². The second-order valence-electron chi connectivity index (χ2n) is 7.46. The van der Waals surface area contributed by atoms with Crippen molar-refractivity contribution >= 4 is 29.6 Å². The number of aliphatic hydroxyl groups is 1. The number of ether oxygens (including phenoxy) is 2. The Morgan fingerprint density at radius 3 is 2.45 bits per heavy atom. The van der Waals surface area contributed by atoms with Gasteiger partial charge in [0.05, 0.1) is 23.8 Å². The molecule has 1 aliphatic rings. The minimum absolute atomic E-state index is 0.00368. The number of nitrogens with zero attached hydrogens (tertiary/aromatic N) is 1. The van der Waals surface area contributed by atoms with Crippen molar-refractivity contribution < 1.29 is 34.1 Å². The Morgan fingerprint density at radius 1 is 1.15 bits per heavy atom. The molecule has 3 N–H and O–H groups in total. The van der Waals surface area contributed by atoms with E-state index in [0.29, 0.717) is 17.9 Å². The number of amides is 1. The largest absolute Gasteiger partial charge is 0.489 e. The number of nitrogens with one attached hydrogen (secondary N) is 1. The van der Waals surface area contributed by atoms with Crippen LogP contribution in [0.15, 0.2) is 42.6 Å². The molecule has 10 heteroatoms. The molecule has 0 bridgehead atoms. The highest BCUT2D eigenvalue weighted by Gasteiger charge is 2.31. The van der Waals surface area contributed by atoms with Crippen LogP contribution in [0.1, 0.15) is 42.7 Å². The maximum atomic E-state index is 12.1. The zero-order chi connectivity index (χ0) is 23.8. The number of hydrogen-bond donors (Lipinski definition) is 3. The lowest BCUT2D eigenvalue weighted by Crippen LogP contribution is -2.27. The van der Waals surface area contributed by atoms with Crippen molar-refractivity contribution in [1.29, 1.82) is 0 Å². The van der Waals surface area contributed by atoms with E-state index in [1.807, 2.05) is 25.1 Å². The van der Waals surface area contributed by atoms with Gasteiger partial charge in [-0.3, -0.25) is 19.4 Å². The van der Waals surface area contributed by atoms with Gasteiger partial charge in [-0.2, -0.15) is 0 Å².